The molecular formula is C16H16N4OS. The minimum absolute atomic E-state index is 0.430. The third kappa shape index (κ3) is 2.50. The van der Waals surface area contributed by atoms with Crippen molar-refractivity contribution in [2.45, 2.75) is 32.4 Å². The van der Waals surface area contributed by atoms with Crippen LogP contribution in [0.3, 0.4) is 0 Å². The first kappa shape index (κ1) is 13.5. The van der Waals surface area contributed by atoms with E-state index in [0.717, 1.165) is 28.0 Å². The molecule has 1 fully saturated rings. The smallest absolute Gasteiger partial charge is 0.171 e. The fourth-order valence-electron chi connectivity index (χ4n) is 2.59. The van der Waals surface area contributed by atoms with Crippen LogP contribution in [0.4, 0.5) is 0 Å². The molecule has 0 atom stereocenters. The Kier molecular flexibility index (Phi) is 3.38. The summed E-state index contributed by atoms with van der Waals surface area (Å²) in [6, 6.07) is 8.54. The molecule has 4 rings (SSSR count). The zero-order chi connectivity index (χ0) is 14.9. The molecule has 0 spiro atoms. The van der Waals surface area contributed by atoms with Gasteiger partial charge in [0.15, 0.2) is 5.82 Å². The normalized spacial score (nSPS) is 14.2. The summed E-state index contributed by atoms with van der Waals surface area (Å²) in [7, 11) is 0. The fraction of sp³-hybridized carbons (Fsp3) is 0.312. The molecule has 22 heavy (non-hydrogen) atoms. The Morgan fingerprint density at radius 1 is 1.27 bits per heavy atom. The van der Waals surface area contributed by atoms with Gasteiger partial charge in [0, 0.05) is 17.6 Å². The lowest BCUT2D eigenvalue weighted by molar-refractivity contribution is 0.289. The Balaban J connectivity index is 1.58. The van der Waals surface area contributed by atoms with Gasteiger partial charge in [-0.25, -0.2) is 4.98 Å². The lowest BCUT2D eigenvalue weighted by Crippen LogP contribution is -2.07. The number of thiazole rings is 1. The Bertz CT molecular complexity index is 777. The van der Waals surface area contributed by atoms with Crippen molar-refractivity contribution in [2.75, 3.05) is 0 Å². The van der Waals surface area contributed by atoms with Crippen LogP contribution in [0.2, 0.25) is 0 Å². The molecular weight excluding hydrogens is 296 g/mol. The number of nitrogens with zero attached hydrogens (tertiary/aromatic N) is 4. The van der Waals surface area contributed by atoms with Gasteiger partial charge in [-0.3, -0.25) is 0 Å². The molecule has 1 aliphatic carbocycles. The fourth-order valence-corrected chi connectivity index (χ4v) is 3.26. The van der Waals surface area contributed by atoms with Crippen molar-refractivity contribution in [1.29, 1.82) is 0 Å². The molecule has 3 aromatic rings. The third-order valence-electron chi connectivity index (χ3n) is 3.76. The van der Waals surface area contributed by atoms with E-state index < -0.39 is 0 Å². The molecule has 1 aromatic carbocycles. The second-order valence-electron chi connectivity index (χ2n) is 5.39. The van der Waals surface area contributed by atoms with Gasteiger partial charge in [-0.05, 0) is 31.9 Å². The predicted octanol–water partition coefficient (Wildman–Crippen LogP) is 3.62. The molecule has 6 heteroatoms. The first-order valence-electron chi connectivity index (χ1n) is 7.35. The average molecular weight is 312 g/mol. The monoisotopic (exact) mass is 312 g/mol. The highest BCUT2D eigenvalue weighted by Gasteiger charge is 2.28. The number of aromatic nitrogens is 4. The van der Waals surface area contributed by atoms with Gasteiger partial charge < -0.3 is 9.30 Å². The van der Waals surface area contributed by atoms with Crippen molar-refractivity contribution >= 4 is 11.3 Å². The third-order valence-corrected chi connectivity index (χ3v) is 4.56. The Morgan fingerprint density at radius 3 is 2.91 bits per heavy atom. The lowest BCUT2D eigenvalue weighted by Gasteiger charge is -2.11. The van der Waals surface area contributed by atoms with Gasteiger partial charge >= 0.3 is 0 Å². The van der Waals surface area contributed by atoms with Crippen LogP contribution in [-0.2, 0) is 6.61 Å². The van der Waals surface area contributed by atoms with Gasteiger partial charge in [-0.15, -0.1) is 21.5 Å². The van der Waals surface area contributed by atoms with E-state index in [1.807, 2.05) is 42.8 Å². The molecule has 2 aromatic heterocycles. The zero-order valence-corrected chi connectivity index (χ0v) is 13.1. The van der Waals surface area contributed by atoms with E-state index >= 15 is 0 Å². The number of ether oxygens (including phenoxy) is 1. The Morgan fingerprint density at radius 2 is 2.14 bits per heavy atom. The maximum Gasteiger partial charge on any atom is 0.171 e. The summed E-state index contributed by atoms with van der Waals surface area (Å²) in [5.41, 5.74) is 1.02. The molecule has 0 N–H and O–H groups in total. The van der Waals surface area contributed by atoms with Crippen LogP contribution in [-0.4, -0.2) is 19.7 Å². The SMILES string of the molecule is Cc1nnc(COc2ccccc2-c2nccs2)n1C1CC1. The predicted molar refractivity (Wildman–Crippen MR) is 84.9 cm³/mol. The maximum atomic E-state index is 6.02. The van der Waals surface area contributed by atoms with Crippen LogP contribution < -0.4 is 4.74 Å². The highest BCUT2D eigenvalue weighted by Crippen LogP contribution is 2.37. The second-order valence-corrected chi connectivity index (χ2v) is 6.28. The number of rotatable bonds is 5. The van der Waals surface area contributed by atoms with Gasteiger partial charge in [-0.1, -0.05) is 12.1 Å². The van der Waals surface area contributed by atoms with Crippen LogP contribution in [0.5, 0.6) is 5.75 Å². The number of aryl methyl sites for hydroxylation is 1. The summed E-state index contributed by atoms with van der Waals surface area (Å²) < 4.78 is 8.22. The van der Waals surface area contributed by atoms with Crippen LogP contribution in [0.25, 0.3) is 10.6 Å². The summed E-state index contributed by atoms with van der Waals surface area (Å²) in [5.74, 6) is 2.70. The van der Waals surface area contributed by atoms with E-state index in [-0.39, 0.29) is 0 Å². The summed E-state index contributed by atoms with van der Waals surface area (Å²) in [6.07, 6.45) is 4.23. The molecule has 0 amide bonds. The lowest BCUT2D eigenvalue weighted by atomic mass is 10.2. The number of hydrogen-bond donors (Lipinski definition) is 0. The van der Waals surface area contributed by atoms with E-state index in [1.54, 1.807) is 11.3 Å². The zero-order valence-electron chi connectivity index (χ0n) is 12.3. The molecule has 2 heterocycles. The van der Waals surface area contributed by atoms with Gasteiger partial charge in [0.25, 0.3) is 0 Å². The number of para-hydroxylation sites is 1. The van der Waals surface area contributed by atoms with E-state index in [9.17, 15) is 0 Å². The van der Waals surface area contributed by atoms with E-state index in [4.69, 9.17) is 4.74 Å². The first-order chi connectivity index (χ1) is 10.8. The van der Waals surface area contributed by atoms with Gasteiger partial charge in [0.05, 0.1) is 5.56 Å². The highest BCUT2D eigenvalue weighted by molar-refractivity contribution is 7.13. The van der Waals surface area contributed by atoms with E-state index in [2.05, 4.69) is 19.7 Å². The summed E-state index contributed by atoms with van der Waals surface area (Å²) in [6.45, 7) is 2.43. The van der Waals surface area contributed by atoms with Crippen LogP contribution in [0.1, 0.15) is 30.5 Å². The molecule has 0 unspecified atom stereocenters. The molecule has 112 valence electrons. The number of hydrogen-bond acceptors (Lipinski definition) is 5. The topological polar surface area (TPSA) is 52.8 Å². The standard InChI is InChI=1S/C16H16N4OS/c1-11-18-19-15(20(11)12-6-7-12)10-21-14-5-3-2-4-13(14)16-17-8-9-22-16/h2-5,8-9,12H,6-7,10H2,1H3. The van der Waals surface area contributed by atoms with Gasteiger partial charge in [0.1, 0.15) is 23.2 Å². The number of benzene rings is 1. The van der Waals surface area contributed by atoms with E-state index in [0.29, 0.717) is 12.6 Å². The van der Waals surface area contributed by atoms with Crippen molar-refractivity contribution in [3.05, 3.63) is 47.5 Å². The molecule has 0 aliphatic heterocycles. The van der Waals surface area contributed by atoms with Crippen LogP contribution in [0, 0.1) is 6.92 Å². The van der Waals surface area contributed by atoms with Crippen molar-refractivity contribution in [1.82, 2.24) is 19.7 Å². The highest BCUT2D eigenvalue weighted by atomic mass is 32.1. The van der Waals surface area contributed by atoms with Crippen LogP contribution in [0.15, 0.2) is 35.8 Å². The average Bonchev–Trinajstić information content (AvgIpc) is 3.09. The van der Waals surface area contributed by atoms with Crippen molar-refractivity contribution in [3.8, 4) is 16.3 Å². The summed E-state index contributed by atoms with van der Waals surface area (Å²) in [5, 5.41) is 11.4. The van der Waals surface area contributed by atoms with Crippen molar-refractivity contribution < 1.29 is 4.74 Å². The van der Waals surface area contributed by atoms with Crippen LogP contribution >= 0.6 is 11.3 Å². The van der Waals surface area contributed by atoms with Crippen molar-refractivity contribution in [3.63, 3.8) is 0 Å². The van der Waals surface area contributed by atoms with Gasteiger partial charge in [-0.2, -0.15) is 0 Å². The summed E-state index contributed by atoms with van der Waals surface area (Å²) in [4.78, 5) is 4.37. The second kappa shape index (κ2) is 5.53. The Labute approximate surface area is 132 Å². The van der Waals surface area contributed by atoms with E-state index in [1.165, 1.54) is 12.8 Å². The maximum absolute atomic E-state index is 6.02. The van der Waals surface area contributed by atoms with Gasteiger partial charge in [0.2, 0.25) is 0 Å². The largest absolute Gasteiger partial charge is 0.485 e. The van der Waals surface area contributed by atoms with Crippen molar-refractivity contribution in [2.24, 2.45) is 0 Å². The summed E-state index contributed by atoms with van der Waals surface area (Å²) >= 11 is 1.61. The first-order valence-corrected chi connectivity index (χ1v) is 8.23. The minimum Gasteiger partial charge on any atom is -0.485 e. The molecule has 0 bridgehead atoms. The Hall–Kier alpha value is -2.21. The molecule has 1 saturated carbocycles. The quantitative estimate of drug-likeness (QED) is 0.722. The minimum atomic E-state index is 0.430. The molecule has 5 nitrogen and oxygen atoms in total. The molecule has 0 radical (unpaired) electrons. The molecule has 1 aliphatic rings. The molecule has 0 saturated heterocycles.